The molecular weight excluding hydrogens is 508 g/mol. The van der Waals surface area contributed by atoms with Gasteiger partial charge in [0.1, 0.15) is 5.75 Å². The molecule has 0 aliphatic heterocycles. The van der Waals surface area contributed by atoms with Crippen LogP contribution in [0.15, 0.2) is 133 Å². The predicted molar refractivity (Wildman–Crippen MR) is 165 cm³/mol. The van der Waals surface area contributed by atoms with Gasteiger partial charge in [-0.25, -0.2) is 0 Å². The van der Waals surface area contributed by atoms with Crippen molar-refractivity contribution in [3.8, 4) is 50.3 Å². The van der Waals surface area contributed by atoms with E-state index in [2.05, 4.69) is 121 Å². The zero-order valence-corrected chi connectivity index (χ0v) is 22.7. The zero-order chi connectivity index (χ0) is 26.8. The van der Waals surface area contributed by atoms with Crippen molar-refractivity contribution in [2.75, 3.05) is 7.11 Å². The first-order valence-electron chi connectivity index (χ1n) is 13.6. The number of ether oxygens (including phenoxy) is 1. The average molecular weight is 533 g/mol. The quantitative estimate of drug-likeness (QED) is 0.220. The highest BCUT2D eigenvalue weighted by molar-refractivity contribution is 6.30. The van der Waals surface area contributed by atoms with Crippen molar-refractivity contribution >= 4 is 11.6 Å². The Morgan fingerprint density at radius 2 is 1.05 bits per heavy atom. The Kier molecular flexibility index (Phi) is 5.08. The summed E-state index contributed by atoms with van der Waals surface area (Å²) < 4.78 is 5.68. The number of halogens is 1. The molecule has 0 heterocycles. The third kappa shape index (κ3) is 3.04. The van der Waals surface area contributed by atoms with Gasteiger partial charge in [0.2, 0.25) is 0 Å². The highest BCUT2D eigenvalue weighted by atomic mass is 35.5. The first-order valence-corrected chi connectivity index (χ1v) is 14.0. The van der Waals surface area contributed by atoms with E-state index in [-0.39, 0.29) is 0 Å². The summed E-state index contributed by atoms with van der Waals surface area (Å²) in [6.45, 7) is 0. The molecule has 0 N–H and O–H groups in total. The molecule has 2 aliphatic rings. The van der Waals surface area contributed by atoms with E-state index in [1.54, 1.807) is 7.11 Å². The van der Waals surface area contributed by atoms with E-state index >= 15 is 0 Å². The number of methoxy groups -OCH3 is 1. The number of fused-ring (bicyclic) bond motifs is 10. The van der Waals surface area contributed by atoms with E-state index < -0.39 is 5.41 Å². The average Bonchev–Trinajstić information content (AvgIpc) is 3.48. The molecule has 1 unspecified atom stereocenters. The summed E-state index contributed by atoms with van der Waals surface area (Å²) in [5.41, 5.74) is 14.8. The summed E-state index contributed by atoms with van der Waals surface area (Å²) in [6.07, 6.45) is 0. The molecule has 6 aromatic rings. The molecule has 0 fully saturated rings. The van der Waals surface area contributed by atoms with Crippen LogP contribution in [0.25, 0.3) is 44.5 Å². The molecule has 0 amide bonds. The lowest BCUT2D eigenvalue weighted by Crippen LogP contribution is -2.25. The second kappa shape index (κ2) is 8.71. The van der Waals surface area contributed by atoms with E-state index in [4.69, 9.17) is 16.3 Å². The smallest absolute Gasteiger partial charge is 0.119 e. The van der Waals surface area contributed by atoms with Gasteiger partial charge in [-0.3, -0.25) is 0 Å². The van der Waals surface area contributed by atoms with Gasteiger partial charge in [-0.05, 0) is 91.0 Å². The Morgan fingerprint density at radius 3 is 1.80 bits per heavy atom. The van der Waals surface area contributed by atoms with Crippen molar-refractivity contribution in [3.63, 3.8) is 0 Å². The van der Waals surface area contributed by atoms with Gasteiger partial charge < -0.3 is 4.74 Å². The fourth-order valence-electron chi connectivity index (χ4n) is 7.12. The Hall–Kier alpha value is -4.59. The minimum absolute atomic E-state index is 0.394. The molecule has 6 aromatic carbocycles. The molecule has 0 saturated carbocycles. The Labute approximate surface area is 239 Å². The van der Waals surface area contributed by atoms with E-state index in [1.165, 1.54) is 61.2 Å². The largest absolute Gasteiger partial charge is 0.497 e. The Morgan fingerprint density at radius 1 is 0.475 bits per heavy atom. The highest BCUT2D eigenvalue weighted by Crippen LogP contribution is 2.64. The highest BCUT2D eigenvalue weighted by Gasteiger charge is 2.52. The second-order valence-corrected chi connectivity index (χ2v) is 11.0. The van der Waals surface area contributed by atoms with Crippen molar-refractivity contribution < 1.29 is 4.74 Å². The Balaban J connectivity index is 1.47. The van der Waals surface area contributed by atoms with Crippen molar-refractivity contribution in [3.05, 3.63) is 161 Å². The molecule has 190 valence electrons. The summed E-state index contributed by atoms with van der Waals surface area (Å²) in [6, 6.07) is 48.1. The minimum Gasteiger partial charge on any atom is -0.497 e. The van der Waals surface area contributed by atoms with Crippen molar-refractivity contribution in [1.29, 1.82) is 0 Å². The SMILES string of the molecule is COc1ccc2c(c1)-c1ccccc1C21c2ccccc2-c2c(-c3ccccc3-c3ccc(Cl)cc3)cccc21. The van der Waals surface area contributed by atoms with Crippen LogP contribution < -0.4 is 4.74 Å². The van der Waals surface area contributed by atoms with Crippen LogP contribution in [0.5, 0.6) is 5.75 Å². The molecule has 2 aliphatic carbocycles. The first-order chi connectivity index (χ1) is 19.7. The zero-order valence-electron chi connectivity index (χ0n) is 22.0. The minimum atomic E-state index is -0.394. The van der Waals surface area contributed by atoms with Gasteiger partial charge in [0, 0.05) is 5.02 Å². The second-order valence-electron chi connectivity index (χ2n) is 10.5. The molecule has 40 heavy (non-hydrogen) atoms. The molecule has 0 saturated heterocycles. The fraction of sp³-hybridized carbons (Fsp3) is 0.0526. The number of hydrogen-bond donors (Lipinski definition) is 0. The molecule has 2 heteroatoms. The molecule has 0 radical (unpaired) electrons. The standard InChI is InChI=1S/C38H25ClO/c1-40-26-21-22-35-32(23-26)29-11-4-6-14-33(29)38(35)34-15-7-5-12-31(34)37-30(13-8-16-36(37)38)28-10-3-2-9-27(28)24-17-19-25(39)20-18-24/h2-23H,1H3. The maximum Gasteiger partial charge on any atom is 0.119 e. The summed E-state index contributed by atoms with van der Waals surface area (Å²) in [7, 11) is 1.74. The van der Waals surface area contributed by atoms with Gasteiger partial charge >= 0.3 is 0 Å². The third-order valence-corrected chi connectivity index (χ3v) is 8.95. The number of rotatable bonds is 3. The summed E-state index contributed by atoms with van der Waals surface area (Å²) in [5.74, 6) is 0.878. The van der Waals surface area contributed by atoms with Crippen molar-refractivity contribution in [2.45, 2.75) is 5.41 Å². The molecule has 8 rings (SSSR count). The van der Waals surface area contributed by atoms with Crippen LogP contribution in [0.2, 0.25) is 5.02 Å². The normalized spacial score (nSPS) is 15.8. The van der Waals surface area contributed by atoms with Crippen LogP contribution in [-0.2, 0) is 5.41 Å². The molecule has 1 atom stereocenters. The van der Waals surface area contributed by atoms with Crippen LogP contribution in [-0.4, -0.2) is 7.11 Å². The van der Waals surface area contributed by atoms with Gasteiger partial charge in [0.05, 0.1) is 12.5 Å². The van der Waals surface area contributed by atoms with E-state index in [0.29, 0.717) is 0 Å². The number of benzene rings is 6. The van der Waals surface area contributed by atoms with Gasteiger partial charge in [-0.1, -0.05) is 121 Å². The van der Waals surface area contributed by atoms with Crippen LogP contribution in [0, 0.1) is 0 Å². The van der Waals surface area contributed by atoms with Gasteiger partial charge in [-0.15, -0.1) is 0 Å². The molecule has 0 aromatic heterocycles. The van der Waals surface area contributed by atoms with Crippen LogP contribution in [0.3, 0.4) is 0 Å². The van der Waals surface area contributed by atoms with Crippen LogP contribution in [0.4, 0.5) is 0 Å². The van der Waals surface area contributed by atoms with E-state index in [9.17, 15) is 0 Å². The lowest BCUT2D eigenvalue weighted by Gasteiger charge is -2.30. The maximum absolute atomic E-state index is 6.25. The number of hydrogen-bond acceptors (Lipinski definition) is 1. The summed E-state index contributed by atoms with van der Waals surface area (Å²) in [5, 5.41) is 0.743. The van der Waals surface area contributed by atoms with E-state index in [1.807, 2.05) is 12.1 Å². The molecule has 1 spiro atoms. The molecular formula is C38H25ClO. The molecule has 0 bridgehead atoms. The lowest BCUT2D eigenvalue weighted by atomic mass is 9.70. The van der Waals surface area contributed by atoms with Gasteiger partial charge in [0.25, 0.3) is 0 Å². The predicted octanol–water partition coefficient (Wildman–Crippen LogP) is 10.0. The van der Waals surface area contributed by atoms with Crippen LogP contribution in [0.1, 0.15) is 22.3 Å². The summed E-state index contributed by atoms with van der Waals surface area (Å²) >= 11 is 6.25. The lowest BCUT2D eigenvalue weighted by molar-refractivity contribution is 0.415. The van der Waals surface area contributed by atoms with Crippen molar-refractivity contribution in [1.82, 2.24) is 0 Å². The van der Waals surface area contributed by atoms with Gasteiger partial charge in [0.15, 0.2) is 0 Å². The molecule has 1 nitrogen and oxygen atoms in total. The third-order valence-electron chi connectivity index (χ3n) is 8.69. The van der Waals surface area contributed by atoms with Crippen LogP contribution >= 0.6 is 11.6 Å². The topological polar surface area (TPSA) is 9.23 Å². The monoisotopic (exact) mass is 532 g/mol. The van der Waals surface area contributed by atoms with Gasteiger partial charge in [-0.2, -0.15) is 0 Å². The Bertz CT molecular complexity index is 1950. The van der Waals surface area contributed by atoms with E-state index in [0.717, 1.165) is 16.3 Å². The van der Waals surface area contributed by atoms with Crippen molar-refractivity contribution in [2.24, 2.45) is 0 Å². The summed E-state index contributed by atoms with van der Waals surface area (Å²) in [4.78, 5) is 0. The first kappa shape index (κ1) is 23.3. The maximum atomic E-state index is 6.25. The fourth-order valence-corrected chi connectivity index (χ4v) is 7.25.